The first-order valence-electron chi connectivity index (χ1n) is 4.72. The monoisotopic (exact) mass is 250 g/mol. The highest BCUT2D eigenvalue weighted by Crippen LogP contribution is 2.30. The minimum Gasteiger partial charge on any atom is -0.478 e. The van der Waals surface area contributed by atoms with E-state index in [1.807, 2.05) is 7.05 Å². The number of aromatic carboxylic acids is 1. The van der Waals surface area contributed by atoms with Crippen molar-refractivity contribution in [3.8, 4) is 0 Å². The van der Waals surface area contributed by atoms with E-state index in [1.54, 1.807) is 17.0 Å². The summed E-state index contributed by atoms with van der Waals surface area (Å²) in [6, 6.07) is 1.38. The number of imidazole rings is 1. The average molecular weight is 250 g/mol. The zero-order valence-electron chi connectivity index (χ0n) is 8.99. The van der Waals surface area contributed by atoms with Crippen molar-refractivity contribution >= 4 is 23.4 Å². The summed E-state index contributed by atoms with van der Waals surface area (Å²) in [5.41, 5.74) is 5.96. The molecule has 0 atom stereocenters. The minimum absolute atomic E-state index is 0.0525. The summed E-state index contributed by atoms with van der Waals surface area (Å²) >= 11 is 1.23. The molecule has 6 nitrogen and oxygen atoms in total. The molecule has 0 fully saturated rings. The Hall–Kier alpha value is -2.02. The molecule has 0 radical (unpaired) electrons. The lowest BCUT2D eigenvalue weighted by molar-refractivity contribution is 0.0697. The van der Waals surface area contributed by atoms with E-state index in [1.165, 1.54) is 24.0 Å². The van der Waals surface area contributed by atoms with Crippen molar-refractivity contribution in [2.24, 2.45) is 7.05 Å². The molecular weight excluding hydrogens is 240 g/mol. The number of carboxylic acid groups (broad SMARTS) is 1. The van der Waals surface area contributed by atoms with Gasteiger partial charge in [0.25, 0.3) is 0 Å². The molecule has 2 aromatic heterocycles. The van der Waals surface area contributed by atoms with Crippen molar-refractivity contribution in [2.45, 2.75) is 10.2 Å². The zero-order chi connectivity index (χ0) is 12.4. The normalized spacial score (nSPS) is 10.4. The predicted octanol–water partition coefficient (Wildman–Crippen LogP) is 1.25. The number of carboxylic acids is 1. The third-order valence-corrected chi connectivity index (χ3v) is 3.24. The van der Waals surface area contributed by atoms with Crippen molar-refractivity contribution in [2.75, 3.05) is 5.73 Å². The van der Waals surface area contributed by atoms with E-state index in [0.717, 1.165) is 0 Å². The van der Waals surface area contributed by atoms with Crippen LogP contribution in [0.5, 0.6) is 0 Å². The molecule has 0 spiro atoms. The summed E-state index contributed by atoms with van der Waals surface area (Å²) in [6.45, 7) is 0. The van der Waals surface area contributed by atoms with Crippen LogP contribution in [0.2, 0.25) is 0 Å². The van der Waals surface area contributed by atoms with Gasteiger partial charge < -0.3 is 15.4 Å². The van der Waals surface area contributed by atoms with E-state index in [0.29, 0.717) is 10.2 Å². The van der Waals surface area contributed by atoms with E-state index in [-0.39, 0.29) is 11.3 Å². The number of anilines is 1. The first kappa shape index (κ1) is 11.5. The largest absolute Gasteiger partial charge is 0.478 e. The second kappa shape index (κ2) is 4.46. The van der Waals surface area contributed by atoms with Crippen molar-refractivity contribution < 1.29 is 9.90 Å². The summed E-state index contributed by atoms with van der Waals surface area (Å²) in [5.74, 6) is -1.06. The van der Waals surface area contributed by atoms with Crippen molar-refractivity contribution in [1.82, 2.24) is 14.5 Å². The maximum atomic E-state index is 10.9. The summed E-state index contributed by atoms with van der Waals surface area (Å²) in [4.78, 5) is 19.1. The fourth-order valence-electron chi connectivity index (χ4n) is 1.26. The molecule has 17 heavy (non-hydrogen) atoms. The lowest BCUT2D eigenvalue weighted by Crippen LogP contribution is -2.05. The van der Waals surface area contributed by atoms with Gasteiger partial charge in [0, 0.05) is 25.6 Å². The van der Waals surface area contributed by atoms with E-state index >= 15 is 0 Å². The number of nitrogens with zero attached hydrogens (tertiary/aromatic N) is 3. The quantitative estimate of drug-likeness (QED) is 0.851. The Kier molecular flexibility index (Phi) is 3.01. The summed E-state index contributed by atoms with van der Waals surface area (Å²) in [5, 5.41) is 10.1. The molecule has 0 aliphatic rings. The van der Waals surface area contributed by atoms with Crippen LogP contribution >= 0.6 is 11.8 Å². The van der Waals surface area contributed by atoms with Gasteiger partial charge >= 0.3 is 5.97 Å². The third kappa shape index (κ3) is 2.23. The summed E-state index contributed by atoms with van der Waals surface area (Å²) < 4.78 is 1.80. The summed E-state index contributed by atoms with van der Waals surface area (Å²) in [7, 11) is 1.84. The van der Waals surface area contributed by atoms with Crippen LogP contribution < -0.4 is 5.73 Å². The van der Waals surface area contributed by atoms with Crippen LogP contribution in [-0.4, -0.2) is 25.6 Å². The van der Waals surface area contributed by atoms with Gasteiger partial charge in [-0.25, -0.2) is 14.8 Å². The third-order valence-electron chi connectivity index (χ3n) is 2.15. The van der Waals surface area contributed by atoms with Gasteiger partial charge in [-0.3, -0.25) is 0 Å². The first-order valence-corrected chi connectivity index (χ1v) is 5.54. The Labute approximate surface area is 101 Å². The number of hydrogen-bond donors (Lipinski definition) is 2. The number of rotatable bonds is 3. The van der Waals surface area contributed by atoms with Crippen LogP contribution in [0.4, 0.5) is 5.69 Å². The Morgan fingerprint density at radius 1 is 1.47 bits per heavy atom. The van der Waals surface area contributed by atoms with Gasteiger partial charge in [0.1, 0.15) is 5.03 Å². The van der Waals surface area contributed by atoms with Crippen LogP contribution in [-0.2, 0) is 7.05 Å². The number of aromatic nitrogens is 3. The van der Waals surface area contributed by atoms with Gasteiger partial charge in [-0.1, -0.05) is 0 Å². The van der Waals surface area contributed by atoms with Crippen LogP contribution in [0.15, 0.2) is 34.8 Å². The van der Waals surface area contributed by atoms with Crippen LogP contribution in [0.1, 0.15) is 10.4 Å². The van der Waals surface area contributed by atoms with Crippen molar-refractivity contribution in [3.05, 3.63) is 30.2 Å². The van der Waals surface area contributed by atoms with E-state index < -0.39 is 5.97 Å². The average Bonchev–Trinajstić information content (AvgIpc) is 2.67. The molecular formula is C10H10N4O2S. The highest BCUT2D eigenvalue weighted by Gasteiger charge is 2.14. The Morgan fingerprint density at radius 3 is 2.82 bits per heavy atom. The molecule has 0 aromatic carbocycles. The topological polar surface area (TPSA) is 94.0 Å². The maximum absolute atomic E-state index is 10.9. The van der Waals surface area contributed by atoms with Gasteiger partial charge in [0.15, 0.2) is 5.16 Å². The molecule has 0 amide bonds. The molecule has 2 rings (SSSR count). The van der Waals surface area contributed by atoms with Crippen LogP contribution in [0, 0.1) is 0 Å². The molecule has 0 bridgehead atoms. The fraction of sp³-hybridized carbons (Fsp3) is 0.100. The van der Waals surface area contributed by atoms with Crippen LogP contribution in [0.3, 0.4) is 0 Å². The lowest BCUT2D eigenvalue weighted by atomic mass is 10.2. The number of pyridine rings is 1. The Bertz CT molecular complexity index is 567. The van der Waals surface area contributed by atoms with Gasteiger partial charge in [0.2, 0.25) is 0 Å². The molecule has 88 valence electrons. The number of carbonyl (C=O) groups is 1. The van der Waals surface area contributed by atoms with Gasteiger partial charge in [-0.05, 0) is 17.8 Å². The van der Waals surface area contributed by atoms with Gasteiger partial charge in [-0.2, -0.15) is 0 Å². The Morgan fingerprint density at radius 2 is 2.24 bits per heavy atom. The minimum atomic E-state index is -1.06. The zero-order valence-corrected chi connectivity index (χ0v) is 9.81. The molecule has 3 N–H and O–H groups in total. The smallest absolute Gasteiger partial charge is 0.337 e. The molecule has 0 saturated heterocycles. The second-order valence-corrected chi connectivity index (χ2v) is 4.26. The molecule has 2 aromatic rings. The standard InChI is InChI=1S/C10H10N4O2S/c1-14-5-4-13-10(14)17-8-7(11)6(9(15)16)2-3-12-8/h2-5H,11H2,1H3,(H,15,16). The predicted molar refractivity (Wildman–Crippen MR) is 62.9 cm³/mol. The molecule has 0 saturated carbocycles. The maximum Gasteiger partial charge on any atom is 0.337 e. The molecule has 7 heteroatoms. The SMILES string of the molecule is Cn1ccnc1Sc1nccc(C(=O)O)c1N. The van der Waals surface area contributed by atoms with Crippen LogP contribution in [0.25, 0.3) is 0 Å². The Balaban J connectivity index is 2.37. The molecule has 0 unspecified atom stereocenters. The first-order chi connectivity index (χ1) is 8.09. The molecule has 0 aliphatic heterocycles. The van der Waals surface area contributed by atoms with E-state index in [4.69, 9.17) is 10.8 Å². The number of aryl methyl sites for hydroxylation is 1. The van der Waals surface area contributed by atoms with E-state index in [9.17, 15) is 4.79 Å². The molecule has 0 aliphatic carbocycles. The fourth-order valence-corrected chi connectivity index (χ4v) is 2.08. The second-order valence-electron chi connectivity index (χ2n) is 3.31. The lowest BCUT2D eigenvalue weighted by Gasteiger charge is -2.06. The van der Waals surface area contributed by atoms with Gasteiger partial charge in [-0.15, -0.1) is 0 Å². The number of nitrogen functional groups attached to an aromatic ring is 1. The number of nitrogens with two attached hydrogens (primary N) is 1. The van der Waals surface area contributed by atoms with Crippen molar-refractivity contribution in [3.63, 3.8) is 0 Å². The molecule has 2 heterocycles. The highest BCUT2D eigenvalue weighted by atomic mass is 32.2. The highest BCUT2D eigenvalue weighted by molar-refractivity contribution is 7.99. The van der Waals surface area contributed by atoms with Gasteiger partial charge in [0.05, 0.1) is 11.3 Å². The van der Waals surface area contributed by atoms with E-state index in [2.05, 4.69) is 9.97 Å². The summed E-state index contributed by atoms with van der Waals surface area (Å²) in [6.07, 6.45) is 4.87. The van der Waals surface area contributed by atoms with Crippen molar-refractivity contribution in [1.29, 1.82) is 0 Å². The number of hydrogen-bond acceptors (Lipinski definition) is 5.